The van der Waals surface area contributed by atoms with Gasteiger partial charge in [0.05, 0.1) is 13.2 Å². The predicted molar refractivity (Wildman–Crippen MR) is 156 cm³/mol. The lowest BCUT2D eigenvalue weighted by molar-refractivity contribution is 0.190. The molecule has 0 rings (SSSR count). The molecule has 0 aromatic rings. The van der Waals surface area contributed by atoms with Gasteiger partial charge in [0, 0.05) is 0 Å². The SMILES string of the molecule is CC(C)CCCCCOP(O)(=S)OCCCCCC(C)C.CCCCCCCCCCCCN. The molecule has 6 heteroatoms. The summed E-state index contributed by atoms with van der Waals surface area (Å²) in [5, 5.41) is 0. The van der Waals surface area contributed by atoms with E-state index >= 15 is 0 Å². The third-order valence-corrected chi connectivity index (χ3v) is 7.57. The van der Waals surface area contributed by atoms with Gasteiger partial charge in [-0.1, -0.05) is 131 Å². The van der Waals surface area contributed by atoms with Crippen molar-refractivity contribution in [3.05, 3.63) is 0 Å². The van der Waals surface area contributed by atoms with Crippen LogP contribution >= 0.6 is 6.72 Å². The molecule has 0 amide bonds. The molecule has 34 heavy (non-hydrogen) atoms. The van der Waals surface area contributed by atoms with Gasteiger partial charge in [0.1, 0.15) is 0 Å². The first kappa shape index (κ1) is 36.6. The van der Waals surface area contributed by atoms with Gasteiger partial charge in [0.2, 0.25) is 0 Å². The summed E-state index contributed by atoms with van der Waals surface area (Å²) >= 11 is 5.00. The summed E-state index contributed by atoms with van der Waals surface area (Å²) in [6, 6.07) is 0. The summed E-state index contributed by atoms with van der Waals surface area (Å²) in [6.45, 7) is 10.1. The summed E-state index contributed by atoms with van der Waals surface area (Å²) in [5.74, 6) is 1.52. The Morgan fingerprint density at radius 3 is 1.32 bits per heavy atom. The van der Waals surface area contributed by atoms with Crippen molar-refractivity contribution >= 4 is 18.5 Å². The van der Waals surface area contributed by atoms with Crippen LogP contribution in [0.15, 0.2) is 0 Å². The maximum Gasteiger partial charge on any atom is 0.324 e. The van der Waals surface area contributed by atoms with Crippen LogP contribution in [0.2, 0.25) is 0 Å². The summed E-state index contributed by atoms with van der Waals surface area (Å²) in [4.78, 5) is 9.89. The molecule has 0 bridgehead atoms. The Kier molecular flexibility index (Phi) is 30.3. The first-order chi connectivity index (χ1) is 16.2. The highest BCUT2D eigenvalue weighted by molar-refractivity contribution is 8.07. The van der Waals surface area contributed by atoms with E-state index in [9.17, 15) is 4.89 Å². The molecule has 0 atom stereocenters. The van der Waals surface area contributed by atoms with Crippen molar-refractivity contribution in [1.29, 1.82) is 0 Å². The lowest BCUT2D eigenvalue weighted by atomic mass is 10.1. The molecule has 3 N–H and O–H groups in total. The molecule has 208 valence electrons. The lowest BCUT2D eigenvalue weighted by Gasteiger charge is -2.16. The van der Waals surface area contributed by atoms with Crippen LogP contribution in [0.3, 0.4) is 0 Å². The maximum atomic E-state index is 9.89. The number of hydrogen-bond acceptors (Lipinski definition) is 4. The highest BCUT2D eigenvalue weighted by atomic mass is 32.5. The molecule has 0 spiro atoms. The van der Waals surface area contributed by atoms with Gasteiger partial charge in [-0.05, 0) is 49.4 Å². The van der Waals surface area contributed by atoms with Gasteiger partial charge in [-0.15, -0.1) is 0 Å². The number of nitrogens with two attached hydrogens (primary N) is 1. The van der Waals surface area contributed by atoms with Gasteiger partial charge >= 0.3 is 6.72 Å². The molecule has 0 aromatic heterocycles. The fourth-order valence-electron chi connectivity index (χ4n) is 3.69. The molecule has 0 unspecified atom stereocenters. The first-order valence-electron chi connectivity index (χ1n) is 14.6. The van der Waals surface area contributed by atoms with Gasteiger partial charge in [-0.25, -0.2) is 0 Å². The fourth-order valence-corrected chi connectivity index (χ4v) is 4.93. The number of unbranched alkanes of at least 4 members (excludes halogenated alkanes) is 13. The quantitative estimate of drug-likeness (QED) is 0.0974. The van der Waals surface area contributed by atoms with Crippen LogP contribution in [-0.4, -0.2) is 24.7 Å². The standard InChI is InChI=1S/C16H35O3PS.C12H27N/c1-15(2)11-7-5-9-13-18-20(17,21)19-14-10-6-8-12-16(3)4;1-2-3-4-5-6-7-8-9-10-11-12-13/h15-16H,5-14H2,1-4H3,(H,17,21);2-13H2,1H3. The second-order valence-corrected chi connectivity index (χ2v) is 13.4. The van der Waals surface area contributed by atoms with Crippen molar-refractivity contribution in [2.24, 2.45) is 17.6 Å². The van der Waals surface area contributed by atoms with Crippen LogP contribution in [0.4, 0.5) is 0 Å². The van der Waals surface area contributed by atoms with E-state index in [1.807, 2.05) is 0 Å². The third-order valence-electron chi connectivity index (χ3n) is 5.92. The van der Waals surface area contributed by atoms with Crippen LogP contribution < -0.4 is 5.73 Å². The fraction of sp³-hybridized carbons (Fsp3) is 1.00. The van der Waals surface area contributed by atoms with Crippen molar-refractivity contribution in [1.82, 2.24) is 0 Å². The molecular formula is C28H62NO3PS. The summed E-state index contributed by atoms with van der Waals surface area (Å²) in [5.41, 5.74) is 5.42. The molecule has 0 aliphatic rings. The summed E-state index contributed by atoms with van der Waals surface area (Å²) in [7, 11) is 0. The van der Waals surface area contributed by atoms with E-state index in [0.29, 0.717) is 13.2 Å². The Morgan fingerprint density at radius 2 is 0.971 bits per heavy atom. The molecule has 0 radical (unpaired) electrons. The zero-order valence-electron chi connectivity index (χ0n) is 23.7. The minimum Gasteiger partial charge on any atom is -0.330 e. The van der Waals surface area contributed by atoms with E-state index in [-0.39, 0.29) is 0 Å². The average Bonchev–Trinajstić information content (AvgIpc) is 2.77. The molecule has 0 aliphatic heterocycles. The van der Waals surface area contributed by atoms with Gasteiger partial charge in [0.15, 0.2) is 0 Å². The Balaban J connectivity index is 0. The molecule has 0 heterocycles. The molecule has 0 saturated heterocycles. The normalized spacial score (nSPS) is 11.8. The smallest absolute Gasteiger partial charge is 0.324 e. The topological polar surface area (TPSA) is 64.7 Å². The van der Waals surface area contributed by atoms with E-state index in [0.717, 1.165) is 44.1 Å². The maximum absolute atomic E-state index is 9.89. The molecule has 0 aromatic carbocycles. The van der Waals surface area contributed by atoms with Gasteiger partial charge in [0.25, 0.3) is 0 Å². The number of rotatable bonds is 24. The summed E-state index contributed by atoms with van der Waals surface area (Å²) in [6.07, 6.45) is 23.0. The molecular weight excluding hydrogens is 461 g/mol. The van der Waals surface area contributed by atoms with Crippen molar-refractivity contribution in [3.8, 4) is 0 Å². The summed E-state index contributed by atoms with van der Waals surface area (Å²) < 4.78 is 10.7. The monoisotopic (exact) mass is 523 g/mol. The molecule has 0 aliphatic carbocycles. The molecule has 0 saturated carbocycles. The highest BCUT2D eigenvalue weighted by Crippen LogP contribution is 2.44. The van der Waals surface area contributed by atoms with Gasteiger partial charge in [-0.2, -0.15) is 0 Å². The van der Waals surface area contributed by atoms with Crippen molar-refractivity contribution in [2.45, 2.75) is 150 Å². The lowest BCUT2D eigenvalue weighted by Crippen LogP contribution is -1.99. The van der Waals surface area contributed by atoms with Crippen LogP contribution in [0.5, 0.6) is 0 Å². The zero-order chi connectivity index (χ0) is 25.9. The Bertz CT molecular complexity index is 402. The number of hydrogen-bond donors (Lipinski definition) is 2. The third kappa shape index (κ3) is 34.7. The van der Waals surface area contributed by atoms with Crippen LogP contribution in [0, 0.1) is 11.8 Å². The van der Waals surface area contributed by atoms with E-state index in [2.05, 4.69) is 34.6 Å². The molecule has 4 nitrogen and oxygen atoms in total. The van der Waals surface area contributed by atoms with Crippen molar-refractivity contribution in [3.63, 3.8) is 0 Å². The van der Waals surface area contributed by atoms with Crippen molar-refractivity contribution < 1.29 is 13.9 Å². The zero-order valence-corrected chi connectivity index (χ0v) is 25.4. The Labute approximate surface area is 219 Å². The van der Waals surface area contributed by atoms with Crippen LogP contribution in [-0.2, 0) is 20.9 Å². The van der Waals surface area contributed by atoms with Crippen molar-refractivity contribution in [2.75, 3.05) is 19.8 Å². The largest absolute Gasteiger partial charge is 0.330 e. The van der Waals surface area contributed by atoms with Crippen LogP contribution in [0.25, 0.3) is 0 Å². The van der Waals surface area contributed by atoms with E-state index in [1.165, 1.54) is 89.9 Å². The minimum atomic E-state index is -2.99. The Hall–Kier alpha value is 0.490. The molecule has 0 fully saturated rings. The Morgan fingerprint density at radius 1 is 0.618 bits per heavy atom. The first-order valence-corrected chi connectivity index (χ1v) is 17.2. The minimum absolute atomic E-state index is 0.513. The van der Waals surface area contributed by atoms with Crippen LogP contribution in [0.1, 0.15) is 150 Å². The average molecular weight is 524 g/mol. The second-order valence-electron chi connectivity index (χ2n) is 10.6. The van der Waals surface area contributed by atoms with E-state index in [1.54, 1.807) is 0 Å². The van der Waals surface area contributed by atoms with E-state index in [4.69, 9.17) is 26.6 Å². The highest BCUT2D eigenvalue weighted by Gasteiger charge is 2.14. The second kappa shape index (κ2) is 28.1. The predicted octanol–water partition coefficient (Wildman–Crippen LogP) is 9.54. The van der Waals surface area contributed by atoms with Gasteiger partial charge in [-0.3, -0.25) is 0 Å². The van der Waals surface area contributed by atoms with E-state index < -0.39 is 6.72 Å². The van der Waals surface area contributed by atoms with Gasteiger partial charge < -0.3 is 19.7 Å².